The first-order chi connectivity index (χ1) is 8.95. The van der Waals surface area contributed by atoms with Crippen molar-refractivity contribution in [2.45, 2.75) is 13.8 Å². The standard InChI is InChI=1S/C13H14ClN3O2/c1-7-4-5-9(6-10(7)14)17-8(2)16-11(12(17)15)13(18)19-3/h4-6H,15H2,1-3H3. The Morgan fingerprint density at radius 3 is 2.68 bits per heavy atom. The van der Waals surface area contributed by atoms with Gasteiger partial charge in [0.1, 0.15) is 11.6 Å². The molecule has 0 bridgehead atoms. The third-order valence-electron chi connectivity index (χ3n) is 2.87. The smallest absolute Gasteiger partial charge is 0.360 e. The van der Waals surface area contributed by atoms with Crippen LogP contribution in [0.15, 0.2) is 18.2 Å². The number of methoxy groups -OCH3 is 1. The molecule has 0 aliphatic rings. The predicted octanol–water partition coefficient (Wildman–Crippen LogP) is 2.51. The Labute approximate surface area is 116 Å². The number of anilines is 1. The van der Waals surface area contributed by atoms with E-state index in [2.05, 4.69) is 9.72 Å². The molecule has 0 atom stereocenters. The summed E-state index contributed by atoms with van der Waals surface area (Å²) in [6.45, 7) is 3.67. The van der Waals surface area contributed by atoms with Crippen molar-refractivity contribution >= 4 is 23.4 Å². The fourth-order valence-corrected chi connectivity index (χ4v) is 2.02. The van der Waals surface area contributed by atoms with Crippen LogP contribution in [-0.4, -0.2) is 22.6 Å². The summed E-state index contributed by atoms with van der Waals surface area (Å²) in [6, 6.07) is 5.53. The lowest BCUT2D eigenvalue weighted by atomic mass is 10.2. The second kappa shape index (κ2) is 4.93. The molecule has 100 valence electrons. The summed E-state index contributed by atoms with van der Waals surface area (Å²) in [7, 11) is 1.29. The number of hydrogen-bond donors (Lipinski definition) is 1. The number of esters is 1. The zero-order chi connectivity index (χ0) is 14.2. The largest absolute Gasteiger partial charge is 0.464 e. The topological polar surface area (TPSA) is 70.1 Å². The van der Waals surface area contributed by atoms with Crippen LogP contribution in [0.3, 0.4) is 0 Å². The molecular formula is C13H14ClN3O2. The second-order valence-corrected chi connectivity index (χ2v) is 4.56. The number of aromatic nitrogens is 2. The minimum Gasteiger partial charge on any atom is -0.464 e. The summed E-state index contributed by atoms with van der Waals surface area (Å²) in [4.78, 5) is 15.7. The van der Waals surface area contributed by atoms with Crippen LogP contribution in [0, 0.1) is 13.8 Å². The van der Waals surface area contributed by atoms with E-state index in [0.717, 1.165) is 11.3 Å². The van der Waals surface area contributed by atoms with Gasteiger partial charge in [-0.15, -0.1) is 0 Å². The van der Waals surface area contributed by atoms with E-state index in [9.17, 15) is 4.79 Å². The molecule has 1 aromatic carbocycles. The van der Waals surface area contributed by atoms with Crippen molar-refractivity contribution in [1.82, 2.24) is 9.55 Å². The van der Waals surface area contributed by atoms with Gasteiger partial charge in [-0.05, 0) is 31.5 Å². The number of nitrogen functional groups attached to an aromatic ring is 1. The molecule has 0 unspecified atom stereocenters. The van der Waals surface area contributed by atoms with Crippen molar-refractivity contribution in [3.05, 3.63) is 40.3 Å². The van der Waals surface area contributed by atoms with E-state index >= 15 is 0 Å². The lowest BCUT2D eigenvalue weighted by Crippen LogP contribution is -2.07. The molecule has 1 heterocycles. The SMILES string of the molecule is COC(=O)c1nc(C)n(-c2ccc(C)c(Cl)c2)c1N. The third kappa shape index (κ3) is 2.29. The first-order valence-electron chi connectivity index (χ1n) is 5.65. The maximum absolute atomic E-state index is 11.5. The van der Waals surface area contributed by atoms with Crippen LogP contribution in [0.5, 0.6) is 0 Å². The number of imidazole rings is 1. The Hall–Kier alpha value is -2.01. The molecule has 2 aromatic rings. The maximum Gasteiger partial charge on any atom is 0.360 e. The summed E-state index contributed by atoms with van der Waals surface area (Å²) >= 11 is 6.10. The number of nitrogens with zero attached hydrogens (tertiary/aromatic N) is 2. The number of ether oxygens (including phenoxy) is 1. The summed E-state index contributed by atoms with van der Waals surface area (Å²) < 4.78 is 6.31. The molecule has 0 radical (unpaired) electrons. The van der Waals surface area contributed by atoms with E-state index in [1.165, 1.54) is 7.11 Å². The summed E-state index contributed by atoms with van der Waals surface area (Å²) in [5.41, 5.74) is 7.79. The highest BCUT2D eigenvalue weighted by molar-refractivity contribution is 6.31. The first-order valence-corrected chi connectivity index (χ1v) is 6.03. The number of rotatable bonds is 2. The van der Waals surface area contributed by atoms with Gasteiger partial charge in [-0.1, -0.05) is 17.7 Å². The van der Waals surface area contributed by atoms with E-state index in [4.69, 9.17) is 17.3 Å². The minimum absolute atomic E-state index is 0.108. The van der Waals surface area contributed by atoms with Crippen LogP contribution in [0.4, 0.5) is 5.82 Å². The molecule has 0 amide bonds. The Morgan fingerprint density at radius 1 is 1.42 bits per heavy atom. The van der Waals surface area contributed by atoms with E-state index < -0.39 is 5.97 Å². The molecule has 19 heavy (non-hydrogen) atoms. The molecule has 5 nitrogen and oxygen atoms in total. The van der Waals surface area contributed by atoms with Gasteiger partial charge < -0.3 is 10.5 Å². The average molecular weight is 280 g/mol. The highest BCUT2D eigenvalue weighted by Gasteiger charge is 2.20. The Morgan fingerprint density at radius 2 is 2.11 bits per heavy atom. The zero-order valence-electron chi connectivity index (χ0n) is 10.9. The van der Waals surface area contributed by atoms with Gasteiger partial charge in [0, 0.05) is 5.02 Å². The molecular weight excluding hydrogens is 266 g/mol. The van der Waals surface area contributed by atoms with Crippen molar-refractivity contribution < 1.29 is 9.53 Å². The number of aryl methyl sites for hydroxylation is 2. The van der Waals surface area contributed by atoms with Gasteiger partial charge in [-0.25, -0.2) is 9.78 Å². The Kier molecular flexibility index (Phi) is 3.48. The molecule has 0 spiro atoms. The molecule has 0 fully saturated rings. The molecule has 0 saturated carbocycles. The molecule has 1 aromatic heterocycles. The number of benzene rings is 1. The van der Waals surface area contributed by atoms with Crippen LogP contribution in [0.2, 0.25) is 5.02 Å². The van der Waals surface area contributed by atoms with Crippen molar-refractivity contribution in [2.24, 2.45) is 0 Å². The second-order valence-electron chi connectivity index (χ2n) is 4.15. The van der Waals surface area contributed by atoms with Crippen molar-refractivity contribution in [3.63, 3.8) is 0 Å². The molecule has 2 N–H and O–H groups in total. The van der Waals surface area contributed by atoms with Crippen LogP contribution in [-0.2, 0) is 4.74 Å². The summed E-state index contributed by atoms with van der Waals surface area (Å²) in [5.74, 6) is 0.277. The van der Waals surface area contributed by atoms with Crippen molar-refractivity contribution in [2.75, 3.05) is 12.8 Å². The highest BCUT2D eigenvalue weighted by Crippen LogP contribution is 2.25. The summed E-state index contributed by atoms with van der Waals surface area (Å²) in [5, 5.41) is 0.629. The fourth-order valence-electron chi connectivity index (χ4n) is 1.84. The Balaban J connectivity index is 2.59. The van der Waals surface area contributed by atoms with Gasteiger partial charge in [-0.3, -0.25) is 4.57 Å². The van der Waals surface area contributed by atoms with E-state index in [0.29, 0.717) is 10.8 Å². The van der Waals surface area contributed by atoms with Gasteiger partial charge in [0.15, 0.2) is 5.69 Å². The highest BCUT2D eigenvalue weighted by atomic mass is 35.5. The Bertz CT molecular complexity index is 650. The normalized spacial score (nSPS) is 10.5. The van der Waals surface area contributed by atoms with Crippen LogP contribution in [0.1, 0.15) is 21.9 Å². The zero-order valence-corrected chi connectivity index (χ0v) is 11.7. The first kappa shape index (κ1) is 13.4. The number of halogens is 1. The summed E-state index contributed by atoms with van der Waals surface area (Å²) in [6.07, 6.45) is 0. The van der Waals surface area contributed by atoms with E-state index in [-0.39, 0.29) is 11.5 Å². The van der Waals surface area contributed by atoms with Gasteiger partial charge in [0.05, 0.1) is 12.8 Å². The van der Waals surface area contributed by atoms with Gasteiger partial charge in [0.25, 0.3) is 0 Å². The minimum atomic E-state index is -0.558. The van der Waals surface area contributed by atoms with Crippen molar-refractivity contribution in [1.29, 1.82) is 0 Å². The lowest BCUT2D eigenvalue weighted by Gasteiger charge is -2.09. The van der Waals surface area contributed by atoms with Crippen molar-refractivity contribution in [3.8, 4) is 5.69 Å². The van der Waals surface area contributed by atoms with E-state index in [1.54, 1.807) is 17.6 Å². The number of nitrogens with two attached hydrogens (primary N) is 1. The fraction of sp³-hybridized carbons (Fsp3) is 0.231. The molecule has 6 heteroatoms. The van der Waals surface area contributed by atoms with Crippen LogP contribution in [0.25, 0.3) is 5.69 Å². The molecule has 0 saturated heterocycles. The number of carbonyl (C=O) groups excluding carboxylic acids is 1. The van der Waals surface area contributed by atoms with Crippen LogP contribution >= 0.6 is 11.6 Å². The molecule has 0 aliphatic heterocycles. The molecule has 0 aliphatic carbocycles. The average Bonchev–Trinajstić information content (AvgIpc) is 2.68. The van der Waals surface area contributed by atoms with Crippen LogP contribution < -0.4 is 5.73 Å². The third-order valence-corrected chi connectivity index (χ3v) is 3.28. The number of hydrogen-bond acceptors (Lipinski definition) is 4. The lowest BCUT2D eigenvalue weighted by molar-refractivity contribution is 0.0596. The van der Waals surface area contributed by atoms with Gasteiger partial charge >= 0.3 is 5.97 Å². The maximum atomic E-state index is 11.5. The quantitative estimate of drug-likeness (QED) is 0.858. The predicted molar refractivity (Wildman–Crippen MR) is 73.8 cm³/mol. The number of carbonyl (C=O) groups is 1. The molecule has 2 rings (SSSR count). The van der Waals surface area contributed by atoms with Gasteiger partial charge in [-0.2, -0.15) is 0 Å². The monoisotopic (exact) mass is 279 g/mol. The van der Waals surface area contributed by atoms with Gasteiger partial charge in [0.2, 0.25) is 0 Å². The van der Waals surface area contributed by atoms with E-state index in [1.807, 2.05) is 19.1 Å².